The molecule has 0 rings (SSSR count). The molecule has 0 aromatic rings. The van der Waals surface area contributed by atoms with Crippen molar-refractivity contribution in [1.29, 1.82) is 0 Å². The number of phosphoric acid groups is 2. The average molecular weight is 952 g/mol. The first-order valence-electron chi connectivity index (χ1n) is 3.55. The third kappa shape index (κ3) is 97.8. The van der Waals surface area contributed by atoms with Crippen molar-refractivity contribution in [2.24, 2.45) is 0 Å². The second kappa shape index (κ2) is 71.8. The quantitative estimate of drug-likeness (QED) is 0.154. The van der Waals surface area contributed by atoms with Gasteiger partial charge in [-0.2, -0.15) is 0 Å². The van der Waals surface area contributed by atoms with Crippen LogP contribution in [0.3, 0.4) is 0 Å². The van der Waals surface area contributed by atoms with E-state index in [0.717, 1.165) is 0 Å². The molecule has 0 atom stereocenters. The third-order valence-electron chi connectivity index (χ3n) is 0.975. The van der Waals surface area contributed by atoms with E-state index in [4.69, 9.17) is 19.6 Å². The van der Waals surface area contributed by atoms with Crippen molar-refractivity contribution < 1.29 is 47.3 Å². The maximum absolute atomic E-state index is 10.6. The van der Waals surface area contributed by atoms with E-state index >= 15 is 0 Å². The Hall–Kier alpha value is 19.4. The topological polar surface area (TPSA) is 168 Å². The first-order chi connectivity index (χ1) is 6.99. The number of phosphoric ester groups is 2. The molecule has 28 heteroatoms. The molecule has 0 amide bonds. The van der Waals surface area contributed by atoms with Crippen molar-refractivity contribution in [3.8, 4) is 0 Å². The number of hydrogen-bond donors (Lipinski definition) is 4. The van der Waals surface area contributed by atoms with Crippen LogP contribution in [0.4, 0.5) is 0 Å². The van der Waals surface area contributed by atoms with E-state index in [2.05, 4.69) is 9.05 Å². The Kier molecular flexibility index (Phi) is 247. The Morgan fingerprint density at radius 2 is 0.562 bits per heavy atom. The Morgan fingerprint density at radius 3 is 0.656 bits per heavy atom. The van der Waals surface area contributed by atoms with E-state index < -0.39 is 40.4 Å². The Morgan fingerprint density at radius 1 is 0.438 bits per heavy atom. The molecule has 158 valence electrons. The molecule has 0 aliphatic carbocycles. The summed E-state index contributed by atoms with van der Waals surface area (Å²) in [7, 11) is -9.96. The fourth-order valence-electron chi connectivity index (χ4n) is 0.561. The summed E-state index contributed by atoms with van der Waals surface area (Å²) in [6.45, 7) is 0. The van der Waals surface area contributed by atoms with Crippen molar-refractivity contribution in [2.75, 3.05) is 0 Å². The van der Waals surface area contributed by atoms with E-state index in [1.54, 1.807) is 0 Å². The minimum absolute atomic E-state index is 0. The first-order valence-corrected chi connectivity index (χ1v) is 6.61. The zero-order chi connectivity index (χ0) is 13.0. The van der Waals surface area contributed by atoms with Crippen LogP contribution in [0.2, 0.25) is 0 Å². The Bertz CT molecular complexity index is 357. The number of carbonyl (C=O) groups is 2. The summed E-state index contributed by atoms with van der Waals surface area (Å²) < 4.78 is 27.3. The fourth-order valence-corrected chi connectivity index (χ4v) is 1.27. The third-order valence-corrected chi connectivity index (χ3v) is 1.86. The van der Waals surface area contributed by atoms with Gasteiger partial charge in [-0.05, 0) is 0 Å². The molecule has 0 fully saturated rings. The van der Waals surface area contributed by atoms with Crippen LogP contribution in [0.25, 0.3) is 0 Å². The fraction of sp³-hybridized carbons (Fsp3) is 0.500. The molecule has 0 spiro atoms. The van der Waals surface area contributed by atoms with Crippen molar-refractivity contribution in [1.82, 2.24) is 0 Å². The predicted octanol–water partition coefficient (Wildman–Crippen LogP) is -15.6. The molecule has 0 saturated heterocycles. The Labute approximate surface area is 667 Å². The molecule has 0 aromatic heterocycles. The van der Waals surface area contributed by atoms with Crippen LogP contribution in [0.5, 0.6) is 0 Å². The maximum atomic E-state index is 10.6. The summed E-state index contributed by atoms with van der Waals surface area (Å²) in [5.41, 5.74) is 0. The molecular weight excluding hydrogens is 911 g/mol. The zero-order valence-electron chi connectivity index (χ0n) is 7.55. The molecule has 0 saturated carbocycles. The van der Waals surface area contributed by atoms with Gasteiger partial charge >= 0.3 is 631 Å². The molecule has 0 unspecified atom stereocenters. The summed E-state index contributed by atoms with van der Waals surface area (Å²) in [5.74, 6) is -2.79. The van der Waals surface area contributed by atoms with Crippen LogP contribution < -0.4 is 0 Å². The van der Waals surface area contributed by atoms with E-state index in [1.165, 1.54) is 0 Å². The van der Waals surface area contributed by atoms with Crippen LogP contribution in [0.1, 0.15) is 12.8 Å². The van der Waals surface area contributed by atoms with Crippen LogP contribution in [0.15, 0.2) is 0 Å². The first kappa shape index (κ1) is 110. The molecule has 0 aliphatic heterocycles. The van der Waals surface area contributed by atoms with Crippen molar-refractivity contribution >= 4 is 631 Å². The number of rotatable bonds is 5. The average Bonchev–Trinajstić information content (AvgIpc) is 1.94. The summed E-state index contributed by atoms with van der Waals surface area (Å²) in [4.78, 5) is 53.9. The molecule has 4 N–H and O–H groups in total. The van der Waals surface area contributed by atoms with Gasteiger partial charge in [0.2, 0.25) is 0 Å². The van der Waals surface area contributed by atoms with Gasteiger partial charge in [0.15, 0.2) is 0 Å². The molecular formula is C4H40Ca16O10P2. The van der Waals surface area contributed by atoms with E-state index in [1.807, 2.05) is 0 Å². The SMILES string of the molecule is O=C(CCC(=O)OP(=O)(O)O)OP(=O)(O)O.[CaH2].[CaH2].[CaH2].[CaH2].[CaH2].[CaH2].[CaH2].[CaH2].[CaH2].[CaH2].[CaH2].[CaH2].[CaH2].[CaH2].[CaH2].[CaH2]. The Balaban J connectivity index is -0.00000000937. The van der Waals surface area contributed by atoms with E-state index in [-0.39, 0.29) is 604 Å². The van der Waals surface area contributed by atoms with Crippen molar-refractivity contribution in [3.63, 3.8) is 0 Å². The minimum atomic E-state index is -4.98. The van der Waals surface area contributed by atoms with Crippen molar-refractivity contribution in [2.45, 2.75) is 12.8 Å². The number of carbonyl (C=O) groups excluding carboxylic acids is 2. The van der Waals surface area contributed by atoms with Crippen molar-refractivity contribution in [3.05, 3.63) is 0 Å². The van der Waals surface area contributed by atoms with Gasteiger partial charge in [-0.25, -0.2) is 9.13 Å². The van der Waals surface area contributed by atoms with Gasteiger partial charge in [0.05, 0.1) is 12.8 Å². The van der Waals surface area contributed by atoms with Gasteiger partial charge in [-0.1, -0.05) is 0 Å². The second-order valence-corrected chi connectivity index (χ2v) is 4.74. The van der Waals surface area contributed by atoms with Crippen LogP contribution >= 0.6 is 15.6 Å². The van der Waals surface area contributed by atoms with Crippen LogP contribution in [0, 0.1) is 0 Å². The standard InChI is InChI=1S/C4H8O10P2.16Ca.32H/c5-3(13-15(7,8)9)1-2-4(6)14-16(10,11)12;;;;;;;;;;;;;;;;;;;;;;;;;;;;;;;;;;;;;;;;;;;;;;;;/h1-2H2,(H2,7,8,9)(H2,10,11,12);;;;;;;;;;;;;;;;;;;;;;;;;;;;;;;;;;;;;;;;;;;;;;;;. The van der Waals surface area contributed by atoms with Crippen LogP contribution in [-0.2, 0) is 27.8 Å². The van der Waals surface area contributed by atoms with Gasteiger partial charge in [0.25, 0.3) is 0 Å². The molecule has 0 aromatic carbocycles. The van der Waals surface area contributed by atoms with Gasteiger partial charge in [0.1, 0.15) is 0 Å². The molecule has 0 heterocycles. The van der Waals surface area contributed by atoms with Gasteiger partial charge in [-0.3, -0.25) is 29.2 Å². The second-order valence-electron chi connectivity index (χ2n) is 2.41. The van der Waals surface area contributed by atoms with Gasteiger partial charge in [-0.15, -0.1) is 0 Å². The summed E-state index contributed by atoms with van der Waals surface area (Å²) >= 11 is 0. The molecule has 0 bridgehead atoms. The monoisotopic (exact) mass is 950 g/mol. The van der Waals surface area contributed by atoms with Crippen LogP contribution in [-0.4, -0.2) is 635 Å². The summed E-state index contributed by atoms with van der Waals surface area (Å²) in [5, 5.41) is 0. The zero-order valence-corrected chi connectivity index (χ0v) is 9.34. The summed E-state index contributed by atoms with van der Waals surface area (Å²) in [6, 6.07) is 0. The van der Waals surface area contributed by atoms with E-state index in [0.29, 0.717) is 0 Å². The summed E-state index contributed by atoms with van der Waals surface area (Å²) in [6.07, 6.45) is -1.55. The number of hydrogen-bond acceptors (Lipinski definition) is 6. The molecule has 10 nitrogen and oxygen atoms in total. The van der Waals surface area contributed by atoms with Gasteiger partial charge in [0, 0.05) is 0 Å². The molecule has 0 radical (unpaired) electrons. The van der Waals surface area contributed by atoms with E-state index in [9.17, 15) is 18.7 Å². The molecule has 32 heavy (non-hydrogen) atoms. The van der Waals surface area contributed by atoms with Gasteiger partial charge < -0.3 is 9.05 Å². The predicted molar refractivity (Wildman–Crippen MR) is 182 cm³/mol. The normalized spacial score (nSPS) is 6.00. The molecule has 0 aliphatic rings.